The van der Waals surface area contributed by atoms with Crippen LogP contribution in [0.1, 0.15) is 17.6 Å². The molecule has 0 heterocycles. The number of benzene rings is 2. The molecular formula is C14H10F5N. The van der Waals surface area contributed by atoms with E-state index < -0.39 is 29.6 Å². The minimum atomic E-state index is -2.57. The van der Waals surface area contributed by atoms with Gasteiger partial charge in [-0.05, 0) is 5.56 Å². The summed E-state index contributed by atoms with van der Waals surface area (Å²) >= 11 is 0. The maximum Gasteiger partial charge on any atom is 0.263 e. The molecule has 0 aliphatic heterocycles. The maximum atomic E-state index is 13.3. The molecule has 0 aromatic heterocycles. The zero-order valence-corrected chi connectivity index (χ0v) is 10.1. The summed E-state index contributed by atoms with van der Waals surface area (Å²) in [5.41, 5.74) is -0.0187. The van der Waals surface area contributed by atoms with Crippen LogP contribution in [-0.4, -0.2) is 0 Å². The van der Waals surface area contributed by atoms with Crippen LogP contribution in [0, 0.1) is 17.5 Å². The molecule has 1 nitrogen and oxygen atoms in total. The van der Waals surface area contributed by atoms with Gasteiger partial charge in [0.05, 0.1) is 0 Å². The Balaban J connectivity index is 2.09. The molecule has 0 aliphatic carbocycles. The van der Waals surface area contributed by atoms with Gasteiger partial charge in [0.1, 0.15) is 11.5 Å². The van der Waals surface area contributed by atoms with Crippen molar-refractivity contribution in [3.8, 4) is 0 Å². The van der Waals surface area contributed by atoms with Crippen molar-refractivity contribution in [1.29, 1.82) is 0 Å². The standard InChI is InChI=1S/C14H10F5N/c15-10-5-11(16)13(12(17)6-10)20-7-8-1-3-9(4-2-8)14(18)19/h1-6,14,20H,7H2. The molecule has 0 saturated carbocycles. The quantitative estimate of drug-likeness (QED) is 0.807. The molecule has 0 radical (unpaired) electrons. The average molecular weight is 287 g/mol. The van der Waals surface area contributed by atoms with Crippen LogP contribution in [0.25, 0.3) is 0 Å². The smallest absolute Gasteiger partial charge is 0.263 e. The van der Waals surface area contributed by atoms with E-state index in [9.17, 15) is 22.0 Å². The Morgan fingerprint density at radius 2 is 1.45 bits per heavy atom. The van der Waals surface area contributed by atoms with E-state index in [0.29, 0.717) is 17.7 Å². The molecule has 2 aromatic carbocycles. The van der Waals surface area contributed by atoms with E-state index in [-0.39, 0.29) is 12.1 Å². The van der Waals surface area contributed by atoms with Crippen LogP contribution in [0.4, 0.5) is 27.6 Å². The molecule has 6 heteroatoms. The highest BCUT2D eigenvalue weighted by molar-refractivity contribution is 5.47. The van der Waals surface area contributed by atoms with Crippen molar-refractivity contribution in [3.63, 3.8) is 0 Å². The third-order valence-corrected chi connectivity index (χ3v) is 2.71. The molecule has 0 atom stereocenters. The fourth-order valence-electron chi connectivity index (χ4n) is 1.68. The first-order chi connectivity index (χ1) is 9.47. The van der Waals surface area contributed by atoms with Gasteiger partial charge in [-0.1, -0.05) is 24.3 Å². The van der Waals surface area contributed by atoms with Gasteiger partial charge in [-0.25, -0.2) is 22.0 Å². The Kier molecular flexibility index (Phi) is 4.22. The van der Waals surface area contributed by atoms with Crippen LogP contribution in [0.15, 0.2) is 36.4 Å². The van der Waals surface area contributed by atoms with Crippen molar-refractivity contribution in [3.05, 3.63) is 65.0 Å². The SMILES string of the molecule is Fc1cc(F)c(NCc2ccc(C(F)F)cc2)c(F)c1. The molecule has 2 aromatic rings. The second kappa shape index (κ2) is 5.90. The molecule has 20 heavy (non-hydrogen) atoms. The number of alkyl halides is 2. The molecule has 0 fully saturated rings. The van der Waals surface area contributed by atoms with Crippen LogP contribution in [0.2, 0.25) is 0 Å². The predicted molar refractivity (Wildman–Crippen MR) is 65.0 cm³/mol. The molecule has 0 saturated heterocycles. The molecule has 106 valence electrons. The van der Waals surface area contributed by atoms with E-state index in [1.54, 1.807) is 0 Å². The summed E-state index contributed by atoms with van der Waals surface area (Å²) in [6.07, 6.45) is -2.57. The van der Waals surface area contributed by atoms with Crippen LogP contribution in [0.5, 0.6) is 0 Å². The molecule has 2 rings (SSSR count). The molecule has 0 bridgehead atoms. The lowest BCUT2D eigenvalue weighted by atomic mass is 10.1. The summed E-state index contributed by atoms with van der Waals surface area (Å²) in [6, 6.07) is 6.44. The Hall–Kier alpha value is -2.11. The van der Waals surface area contributed by atoms with Gasteiger partial charge in [-0.15, -0.1) is 0 Å². The lowest BCUT2D eigenvalue weighted by Gasteiger charge is -2.09. The summed E-state index contributed by atoms with van der Waals surface area (Å²) in [4.78, 5) is 0. The summed E-state index contributed by atoms with van der Waals surface area (Å²) in [7, 11) is 0. The summed E-state index contributed by atoms with van der Waals surface area (Å²) in [5, 5.41) is 2.47. The van der Waals surface area contributed by atoms with E-state index in [0.717, 1.165) is 0 Å². The number of halogens is 5. The number of nitrogens with one attached hydrogen (secondary N) is 1. The van der Waals surface area contributed by atoms with Crippen LogP contribution >= 0.6 is 0 Å². The first-order valence-electron chi connectivity index (χ1n) is 5.73. The minimum Gasteiger partial charge on any atom is -0.376 e. The van der Waals surface area contributed by atoms with E-state index in [1.807, 2.05) is 0 Å². The Morgan fingerprint density at radius 1 is 0.900 bits per heavy atom. The van der Waals surface area contributed by atoms with Crippen molar-refractivity contribution in [1.82, 2.24) is 0 Å². The third kappa shape index (κ3) is 3.26. The van der Waals surface area contributed by atoms with Crippen LogP contribution < -0.4 is 5.32 Å². The topological polar surface area (TPSA) is 12.0 Å². The van der Waals surface area contributed by atoms with Gasteiger partial charge in [0.15, 0.2) is 11.6 Å². The van der Waals surface area contributed by atoms with E-state index in [4.69, 9.17) is 0 Å². The second-order valence-corrected chi connectivity index (χ2v) is 4.14. The van der Waals surface area contributed by atoms with Crippen molar-refractivity contribution in [2.24, 2.45) is 0 Å². The average Bonchev–Trinajstić information content (AvgIpc) is 2.38. The molecule has 1 N–H and O–H groups in total. The predicted octanol–water partition coefficient (Wildman–Crippen LogP) is 4.65. The third-order valence-electron chi connectivity index (χ3n) is 2.71. The van der Waals surface area contributed by atoms with Crippen molar-refractivity contribution in [2.75, 3.05) is 5.32 Å². The lowest BCUT2D eigenvalue weighted by molar-refractivity contribution is 0.151. The highest BCUT2D eigenvalue weighted by Crippen LogP contribution is 2.22. The van der Waals surface area contributed by atoms with Crippen molar-refractivity contribution < 1.29 is 22.0 Å². The zero-order valence-electron chi connectivity index (χ0n) is 10.1. The van der Waals surface area contributed by atoms with Crippen molar-refractivity contribution in [2.45, 2.75) is 13.0 Å². The largest absolute Gasteiger partial charge is 0.376 e. The first-order valence-corrected chi connectivity index (χ1v) is 5.73. The fourth-order valence-corrected chi connectivity index (χ4v) is 1.68. The van der Waals surface area contributed by atoms with Gasteiger partial charge in [-0.3, -0.25) is 0 Å². The zero-order chi connectivity index (χ0) is 14.7. The Labute approximate surface area is 112 Å². The number of anilines is 1. The number of hydrogen-bond acceptors (Lipinski definition) is 1. The minimum absolute atomic E-state index is 0.0307. The highest BCUT2D eigenvalue weighted by Gasteiger charge is 2.11. The molecule has 0 amide bonds. The van der Waals surface area contributed by atoms with E-state index >= 15 is 0 Å². The molecule has 0 aliphatic rings. The summed E-state index contributed by atoms with van der Waals surface area (Å²) in [5.74, 6) is -3.11. The first kappa shape index (κ1) is 14.3. The fraction of sp³-hybridized carbons (Fsp3) is 0.143. The number of rotatable bonds is 4. The van der Waals surface area contributed by atoms with Crippen LogP contribution in [0.3, 0.4) is 0 Å². The van der Waals surface area contributed by atoms with E-state index in [1.165, 1.54) is 24.3 Å². The van der Waals surface area contributed by atoms with Crippen molar-refractivity contribution >= 4 is 5.69 Å². The Bertz CT molecular complexity index is 572. The number of hydrogen-bond donors (Lipinski definition) is 1. The van der Waals surface area contributed by atoms with Gasteiger partial charge < -0.3 is 5.32 Å². The van der Waals surface area contributed by atoms with Gasteiger partial charge in [0.25, 0.3) is 6.43 Å². The Morgan fingerprint density at radius 3 is 1.95 bits per heavy atom. The summed E-state index contributed by atoms with van der Waals surface area (Å²) in [6.45, 7) is 0.0307. The normalized spacial score (nSPS) is 10.9. The van der Waals surface area contributed by atoms with Gasteiger partial charge in [-0.2, -0.15) is 0 Å². The van der Waals surface area contributed by atoms with Gasteiger partial charge in [0, 0.05) is 24.2 Å². The lowest BCUT2D eigenvalue weighted by Crippen LogP contribution is -2.04. The van der Waals surface area contributed by atoms with Gasteiger partial charge in [0.2, 0.25) is 0 Å². The second-order valence-electron chi connectivity index (χ2n) is 4.14. The monoisotopic (exact) mass is 287 g/mol. The highest BCUT2D eigenvalue weighted by atomic mass is 19.3. The summed E-state index contributed by atoms with van der Waals surface area (Å²) < 4.78 is 64.1. The maximum absolute atomic E-state index is 13.3. The molecular weight excluding hydrogens is 277 g/mol. The van der Waals surface area contributed by atoms with E-state index in [2.05, 4.69) is 5.32 Å². The molecule has 0 spiro atoms. The molecule has 0 unspecified atom stereocenters. The van der Waals surface area contributed by atoms with Crippen LogP contribution in [-0.2, 0) is 6.54 Å². The van der Waals surface area contributed by atoms with Gasteiger partial charge >= 0.3 is 0 Å².